The van der Waals surface area contributed by atoms with E-state index < -0.39 is 6.04 Å². The van der Waals surface area contributed by atoms with Crippen molar-refractivity contribution in [2.75, 3.05) is 13.2 Å². The highest BCUT2D eigenvalue weighted by atomic mass is 35.5. The minimum absolute atomic E-state index is 0.0877. The third-order valence-electron chi connectivity index (χ3n) is 4.55. The summed E-state index contributed by atoms with van der Waals surface area (Å²) in [6.45, 7) is 0.0360. The number of aromatic nitrogens is 2. The van der Waals surface area contributed by atoms with Gasteiger partial charge in [-0.3, -0.25) is 9.89 Å². The van der Waals surface area contributed by atoms with E-state index in [2.05, 4.69) is 10.2 Å². The van der Waals surface area contributed by atoms with Crippen molar-refractivity contribution in [1.29, 1.82) is 0 Å². The number of aromatic amines is 1. The molecular weight excluding hydrogens is 354 g/mol. The molecule has 0 bridgehead atoms. The quantitative estimate of drug-likeness (QED) is 0.659. The number of carbonyl (C=O) groups is 1. The van der Waals surface area contributed by atoms with E-state index in [1.807, 2.05) is 12.1 Å². The second-order valence-corrected chi connectivity index (χ2v) is 6.49. The van der Waals surface area contributed by atoms with Gasteiger partial charge in [0.05, 0.1) is 12.6 Å². The number of H-pyrrole nitrogens is 1. The lowest BCUT2D eigenvalue weighted by atomic mass is 9.96. The van der Waals surface area contributed by atoms with Gasteiger partial charge in [0.1, 0.15) is 17.1 Å². The van der Waals surface area contributed by atoms with Crippen LogP contribution in [-0.4, -0.2) is 44.4 Å². The summed E-state index contributed by atoms with van der Waals surface area (Å²) in [6.07, 6.45) is 0. The van der Waals surface area contributed by atoms with E-state index in [-0.39, 0.29) is 24.8 Å². The first-order valence-electron chi connectivity index (χ1n) is 8.15. The van der Waals surface area contributed by atoms with Gasteiger partial charge < -0.3 is 15.1 Å². The number of hydrogen-bond acceptors (Lipinski definition) is 4. The zero-order chi connectivity index (χ0) is 18.3. The van der Waals surface area contributed by atoms with Gasteiger partial charge in [0, 0.05) is 22.7 Å². The number of aromatic hydroxyl groups is 1. The Morgan fingerprint density at radius 1 is 1.15 bits per heavy atom. The summed E-state index contributed by atoms with van der Waals surface area (Å²) >= 11 is 6.00. The number of nitrogens with zero attached hydrogens (tertiary/aromatic N) is 2. The van der Waals surface area contributed by atoms with Crippen LogP contribution in [0.1, 0.15) is 27.7 Å². The lowest BCUT2D eigenvalue weighted by Gasteiger charge is -2.25. The molecule has 2 heterocycles. The summed E-state index contributed by atoms with van der Waals surface area (Å²) in [5, 5.41) is 27.3. The Morgan fingerprint density at radius 2 is 1.88 bits per heavy atom. The zero-order valence-electron chi connectivity index (χ0n) is 13.7. The van der Waals surface area contributed by atoms with Crippen molar-refractivity contribution < 1.29 is 15.0 Å². The monoisotopic (exact) mass is 369 g/mol. The summed E-state index contributed by atoms with van der Waals surface area (Å²) in [7, 11) is 0. The number of para-hydroxylation sites is 1. The SMILES string of the molecule is O=C1c2[nH]nc(-c3ccccc3O)c2C(c2ccc(Cl)cc2)N1CCO. The van der Waals surface area contributed by atoms with Crippen LogP contribution in [0, 0.1) is 0 Å². The summed E-state index contributed by atoms with van der Waals surface area (Å²) in [5.41, 5.74) is 2.98. The second kappa shape index (κ2) is 6.48. The molecule has 7 heteroatoms. The van der Waals surface area contributed by atoms with E-state index in [1.165, 1.54) is 0 Å². The van der Waals surface area contributed by atoms with Crippen molar-refractivity contribution >= 4 is 17.5 Å². The molecule has 3 N–H and O–H groups in total. The Hall–Kier alpha value is -2.83. The molecule has 1 atom stereocenters. The number of aliphatic hydroxyl groups excluding tert-OH is 1. The molecule has 0 fully saturated rings. The average Bonchev–Trinajstić information content (AvgIpc) is 3.17. The topological polar surface area (TPSA) is 89.5 Å². The fourth-order valence-electron chi connectivity index (χ4n) is 3.41. The van der Waals surface area contributed by atoms with E-state index in [9.17, 15) is 15.0 Å². The summed E-state index contributed by atoms with van der Waals surface area (Å²) in [4.78, 5) is 14.4. The molecule has 1 amide bonds. The number of phenolic OH excluding ortho intramolecular Hbond substituents is 1. The van der Waals surface area contributed by atoms with Crippen LogP contribution in [0.5, 0.6) is 5.75 Å². The van der Waals surface area contributed by atoms with Crippen molar-refractivity contribution in [3.05, 3.63) is 70.4 Å². The number of halogens is 1. The molecular formula is C19H16ClN3O3. The molecule has 1 aromatic heterocycles. The largest absolute Gasteiger partial charge is 0.507 e. The number of benzene rings is 2. The Bertz CT molecular complexity index is 968. The molecule has 0 radical (unpaired) electrons. The van der Waals surface area contributed by atoms with Crippen LogP contribution in [-0.2, 0) is 0 Å². The predicted molar refractivity (Wildman–Crippen MR) is 97.1 cm³/mol. The maximum Gasteiger partial charge on any atom is 0.273 e. The van der Waals surface area contributed by atoms with Crippen LogP contribution in [0.15, 0.2) is 48.5 Å². The number of carbonyl (C=O) groups excluding carboxylic acids is 1. The van der Waals surface area contributed by atoms with Gasteiger partial charge in [-0.15, -0.1) is 0 Å². The standard InChI is InChI=1S/C19H16ClN3O3/c20-12-7-5-11(6-8-12)18-15-16(13-3-1-2-4-14(13)25)21-22-17(15)19(26)23(18)9-10-24/h1-8,18,24-25H,9-10H2,(H,21,22). The molecule has 2 aromatic carbocycles. The van der Waals surface area contributed by atoms with Gasteiger partial charge >= 0.3 is 0 Å². The van der Waals surface area contributed by atoms with Gasteiger partial charge in [-0.1, -0.05) is 35.9 Å². The van der Waals surface area contributed by atoms with Gasteiger partial charge in [0.2, 0.25) is 0 Å². The Morgan fingerprint density at radius 3 is 2.58 bits per heavy atom. The maximum atomic E-state index is 12.8. The number of fused-ring (bicyclic) bond motifs is 1. The molecule has 4 rings (SSSR count). The normalized spacial score (nSPS) is 16.2. The molecule has 1 unspecified atom stereocenters. The predicted octanol–water partition coefficient (Wildman–Crippen LogP) is 2.97. The first-order valence-corrected chi connectivity index (χ1v) is 8.53. The molecule has 0 spiro atoms. The van der Waals surface area contributed by atoms with Crippen molar-refractivity contribution in [2.45, 2.75) is 6.04 Å². The third-order valence-corrected chi connectivity index (χ3v) is 4.80. The molecule has 0 aliphatic carbocycles. The van der Waals surface area contributed by atoms with Crippen molar-refractivity contribution in [2.24, 2.45) is 0 Å². The number of hydrogen-bond donors (Lipinski definition) is 3. The number of aliphatic hydroxyl groups is 1. The van der Waals surface area contributed by atoms with E-state index in [0.29, 0.717) is 27.5 Å². The van der Waals surface area contributed by atoms with Gasteiger partial charge in [0.15, 0.2) is 0 Å². The second-order valence-electron chi connectivity index (χ2n) is 6.05. The minimum Gasteiger partial charge on any atom is -0.507 e. The summed E-state index contributed by atoms with van der Waals surface area (Å²) in [6, 6.07) is 13.7. The van der Waals surface area contributed by atoms with Crippen molar-refractivity contribution in [3.8, 4) is 17.0 Å². The van der Waals surface area contributed by atoms with Gasteiger partial charge in [-0.05, 0) is 29.8 Å². The van der Waals surface area contributed by atoms with E-state index in [0.717, 1.165) is 5.56 Å². The summed E-state index contributed by atoms with van der Waals surface area (Å²) < 4.78 is 0. The van der Waals surface area contributed by atoms with Crippen LogP contribution in [0.2, 0.25) is 5.02 Å². The fourth-order valence-corrected chi connectivity index (χ4v) is 3.53. The highest BCUT2D eigenvalue weighted by Crippen LogP contribution is 2.44. The molecule has 0 saturated heterocycles. The number of nitrogens with one attached hydrogen (secondary N) is 1. The van der Waals surface area contributed by atoms with Crippen LogP contribution < -0.4 is 0 Å². The minimum atomic E-state index is -0.421. The Kier molecular flexibility index (Phi) is 4.14. The van der Waals surface area contributed by atoms with E-state index in [4.69, 9.17) is 11.6 Å². The molecule has 0 saturated carbocycles. The highest BCUT2D eigenvalue weighted by molar-refractivity contribution is 6.30. The molecule has 3 aromatic rings. The maximum absolute atomic E-state index is 12.8. The van der Waals surface area contributed by atoms with Crippen molar-refractivity contribution in [3.63, 3.8) is 0 Å². The van der Waals surface area contributed by atoms with Gasteiger partial charge in [-0.2, -0.15) is 5.10 Å². The molecule has 26 heavy (non-hydrogen) atoms. The zero-order valence-corrected chi connectivity index (χ0v) is 14.4. The molecule has 6 nitrogen and oxygen atoms in total. The van der Waals surface area contributed by atoms with Crippen molar-refractivity contribution in [1.82, 2.24) is 15.1 Å². The molecule has 1 aliphatic heterocycles. The fraction of sp³-hybridized carbons (Fsp3) is 0.158. The highest BCUT2D eigenvalue weighted by Gasteiger charge is 2.42. The number of β-amino-alcohol motifs (C(OH)–C–C–N with tert-alkyl or cyclic N) is 1. The van der Waals surface area contributed by atoms with E-state index in [1.54, 1.807) is 41.3 Å². The smallest absolute Gasteiger partial charge is 0.273 e. The molecule has 1 aliphatic rings. The van der Waals surface area contributed by atoms with Crippen LogP contribution >= 0.6 is 11.6 Å². The average molecular weight is 370 g/mol. The summed E-state index contributed by atoms with van der Waals surface area (Å²) in [5.74, 6) is -0.145. The van der Waals surface area contributed by atoms with Gasteiger partial charge in [-0.25, -0.2) is 0 Å². The first-order chi connectivity index (χ1) is 12.6. The van der Waals surface area contributed by atoms with Crippen LogP contribution in [0.3, 0.4) is 0 Å². The van der Waals surface area contributed by atoms with E-state index >= 15 is 0 Å². The first kappa shape index (κ1) is 16.6. The van der Waals surface area contributed by atoms with Crippen LogP contribution in [0.4, 0.5) is 0 Å². The molecule has 132 valence electrons. The number of rotatable bonds is 4. The number of phenols is 1. The lowest BCUT2D eigenvalue weighted by molar-refractivity contribution is 0.0706. The Balaban J connectivity index is 1.91. The Labute approximate surface area is 154 Å². The van der Waals surface area contributed by atoms with Crippen LogP contribution in [0.25, 0.3) is 11.3 Å². The lowest BCUT2D eigenvalue weighted by Crippen LogP contribution is -2.32. The number of amides is 1. The third kappa shape index (κ3) is 2.55. The van der Waals surface area contributed by atoms with Gasteiger partial charge in [0.25, 0.3) is 5.91 Å².